The molecular formula is C30H36NO10P. The van der Waals surface area contributed by atoms with Gasteiger partial charge in [0, 0.05) is 6.42 Å². The number of carboxylic acid groups (broad SMARTS) is 1. The van der Waals surface area contributed by atoms with E-state index in [4.69, 9.17) is 20.3 Å². The van der Waals surface area contributed by atoms with Gasteiger partial charge < -0.3 is 30.3 Å². The molecule has 12 heteroatoms. The topological polar surface area (TPSA) is 175 Å². The van der Waals surface area contributed by atoms with Crippen LogP contribution in [-0.4, -0.2) is 59.0 Å². The van der Waals surface area contributed by atoms with Crippen molar-refractivity contribution in [2.75, 3.05) is 19.8 Å². The largest absolute Gasteiger partial charge is 0.489 e. The molecule has 0 aromatic heterocycles. The zero-order valence-corrected chi connectivity index (χ0v) is 24.4. The second kappa shape index (κ2) is 15.6. The highest BCUT2D eigenvalue weighted by molar-refractivity contribution is 7.47. The maximum atomic E-state index is 12.3. The molecule has 0 aliphatic carbocycles. The van der Waals surface area contributed by atoms with Gasteiger partial charge in [-0.3, -0.25) is 18.6 Å². The molecule has 42 heavy (non-hydrogen) atoms. The third kappa shape index (κ3) is 10.4. The van der Waals surface area contributed by atoms with Crippen molar-refractivity contribution in [3.63, 3.8) is 0 Å². The molecule has 3 aromatic rings. The summed E-state index contributed by atoms with van der Waals surface area (Å²) in [5, 5.41) is 18.6. The first-order chi connectivity index (χ1) is 19.9. The van der Waals surface area contributed by atoms with Gasteiger partial charge in [-0.2, -0.15) is 0 Å². The molecule has 0 heterocycles. The summed E-state index contributed by atoms with van der Waals surface area (Å²) in [6, 6.07) is 20.3. The number of rotatable bonds is 16. The lowest BCUT2D eigenvalue weighted by molar-refractivity contribution is -0.147. The van der Waals surface area contributed by atoms with Gasteiger partial charge in [0.25, 0.3) is 0 Å². The molecule has 0 radical (unpaired) electrons. The van der Waals surface area contributed by atoms with Gasteiger partial charge in [-0.25, -0.2) is 4.57 Å². The number of esters is 1. The Labute approximate surface area is 244 Å². The van der Waals surface area contributed by atoms with Gasteiger partial charge >= 0.3 is 19.8 Å². The lowest BCUT2D eigenvalue weighted by Gasteiger charge is -2.16. The molecule has 226 valence electrons. The van der Waals surface area contributed by atoms with Crippen molar-refractivity contribution in [3.8, 4) is 16.9 Å². The van der Waals surface area contributed by atoms with E-state index < -0.39 is 51.7 Å². The van der Waals surface area contributed by atoms with E-state index in [0.717, 1.165) is 16.7 Å². The molecule has 0 spiro atoms. The minimum Gasteiger partial charge on any atom is -0.489 e. The van der Waals surface area contributed by atoms with Crippen LogP contribution >= 0.6 is 7.82 Å². The third-order valence-electron chi connectivity index (χ3n) is 6.26. The van der Waals surface area contributed by atoms with Gasteiger partial charge in [0.05, 0.1) is 13.2 Å². The number of carbonyl (C=O) groups excluding carboxylic acids is 1. The maximum Gasteiger partial charge on any atom is 0.472 e. The van der Waals surface area contributed by atoms with E-state index in [1.54, 1.807) is 0 Å². The van der Waals surface area contributed by atoms with Crippen molar-refractivity contribution < 1.29 is 47.8 Å². The Balaban J connectivity index is 1.47. The van der Waals surface area contributed by atoms with Gasteiger partial charge in [-0.05, 0) is 65.8 Å². The quantitative estimate of drug-likeness (QED) is 0.138. The third-order valence-corrected chi connectivity index (χ3v) is 7.21. The van der Waals surface area contributed by atoms with Gasteiger partial charge in [-0.15, -0.1) is 0 Å². The first kappa shape index (κ1) is 32.9. The lowest BCUT2D eigenvalue weighted by Crippen LogP contribution is -2.34. The Morgan fingerprint density at radius 3 is 2.31 bits per heavy atom. The van der Waals surface area contributed by atoms with Crippen LogP contribution in [-0.2, 0) is 41.0 Å². The molecule has 3 aromatic carbocycles. The van der Waals surface area contributed by atoms with Crippen LogP contribution < -0.4 is 10.5 Å². The zero-order chi connectivity index (χ0) is 30.7. The Hall–Kier alpha value is -3.57. The van der Waals surface area contributed by atoms with Crippen molar-refractivity contribution in [2.45, 2.75) is 45.4 Å². The number of carbonyl (C=O) groups is 2. The molecular weight excluding hydrogens is 565 g/mol. The number of hydrogen-bond donors (Lipinski definition) is 4. The molecule has 1 unspecified atom stereocenters. The average Bonchev–Trinajstić information content (AvgIpc) is 2.96. The first-order valence-corrected chi connectivity index (χ1v) is 14.7. The number of nitrogens with two attached hydrogens (primary N) is 1. The van der Waals surface area contributed by atoms with Gasteiger partial charge in [0.2, 0.25) is 0 Å². The molecule has 0 saturated heterocycles. The molecule has 11 nitrogen and oxygen atoms in total. The van der Waals surface area contributed by atoms with Crippen LogP contribution in [0.25, 0.3) is 11.1 Å². The van der Waals surface area contributed by atoms with Crippen LogP contribution in [0.2, 0.25) is 0 Å². The number of benzene rings is 3. The monoisotopic (exact) mass is 601 g/mol. The highest BCUT2D eigenvalue weighted by Crippen LogP contribution is 2.43. The van der Waals surface area contributed by atoms with Gasteiger partial charge in [0.15, 0.2) is 0 Å². The fraction of sp³-hybridized carbons (Fsp3) is 0.333. The van der Waals surface area contributed by atoms with Crippen LogP contribution in [0.5, 0.6) is 5.75 Å². The fourth-order valence-corrected chi connectivity index (χ4v) is 4.89. The highest BCUT2D eigenvalue weighted by atomic mass is 31.2. The van der Waals surface area contributed by atoms with Crippen molar-refractivity contribution in [1.82, 2.24) is 0 Å². The second-order valence-electron chi connectivity index (χ2n) is 9.71. The summed E-state index contributed by atoms with van der Waals surface area (Å²) in [5.41, 5.74) is 11.7. The summed E-state index contributed by atoms with van der Waals surface area (Å²) < 4.78 is 32.0. The molecule has 5 N–H and O–H groups in total. The summed E-state index contributed by atoms with van der Waals surface area (Å²) in [4.78, 5) is 32.5. The van der Waals surface area contributed by atoms with E-state index in [1.165, 1.54) is 16.7 Å². The number of aliphatic carboxylic acids is 1. The van der Waals surface area contributed by atoms with E-state index in [0.29, 0.717) is 18.8 Å². The molecule has 0 aliphatic heterocycles. The molecule has 3 atom stereocenters. The number of carboxylic acids is 1. The number of para-hydroxylation sites is 1. The maximum absolute atomic E-state index is 12.3. The first-order valence-electron chi connectivity index (χ1n) is 13.3. The van der Waals surface area contributed by atoms with Crippen LogP contribution in [0.4, 0.5) is 0 Å². The fourth-order valence-electron chi connectivity index (χ4n) is 4.11. The number of aliphatic hydroxyl groups excluding tert-OH is 1. The summed E-state index contributed by atoms with van der Waals surface area (Å²) in [6.07, 6.45) is -1.08. The Morgan fingerprint density at radius 2 is 1.60 bits per heavy atom. The molecule has 0 aliphatic rings. The number of phosphoric acid groups is 1. The number of aliphatic hydroxyl groups is 1. The van der Waals surface area contributed by atoms with E-state index >= 15 is 0 Å². The van der Waals surface area contributed by atoms with E-state index in [1.807, 2.05) is 42.5 Å². The summed E-state index contributed by atoms with van der Waals surface area (Å²) in [6.45, 7) is 2.58. The Kier molecular flexibility index (Phi) is 12.2. The number of hydrogen-bond acceptors (Lipinski definition) is 9. The van der Waals surface area contributed by atoms with E-state index in [-0.39, 0.29) is 6.42 Å². The van der Waals surface area contributed by atoms with E-state index in [9.17, 15) is 24.2 Å². The number of aryl methyl sites for hydroxylation is 3. The van der Waals surface area contributed by atoms with Crippen molar-refractivity contribution in [2.24, 2.45) is 5.73 Å². The van der Waals surface area contributed by atoms with Gasteiger partial charge in [-0.1, -0.05) is 54.6 Å². The van der Waals surface area contributed by atoms with E-state index in [2.05, 4.69) is 47.2 Å². The summed E-state index contributed by atoms with van der Waals surface area (Å²) in [5.74, 6) is -1.38. The standard InChI is InChI=1S/C30H36NO10P/c1-20-7-5-8-21(2)29(20)24-11-6-9-22(15-24)16-38-27-12-4-3-10-23(27)13-14-28(33)39-17-25(32)18-40-42(36,37)41-19-26(31)30(34)35/h3-12,15,25-26,32H,13-14,16-19,31H2,1-2H3,(H,34,35)(H,36,37)/t25-,26+/m1/s1. The van der Waals surface area contributed by atoms with Crippen LogP contribution in [0.15, 0.2) is 66.7 Å². The number of phosphoric ester groups is 1. The smallest absolute Gasteiger partial charge is 0.472 e. The number of ether oxygens (including phenoxy) is 2. The summed E-state index contributed by atoms with van der Waals surface area (Å²) in [7, 11) is -4.66. The highest BCUT2D eigenvalue weighted by Gasteiger charge is 2.26. The van der Waals surface area contributed by atoms with Crippen LogP contribution in [0.1, 0.15) is 28.7 Å². The minimum atomic E-state index is -4.66. The zero-order valence-electron chi connectivity index (χ0n) is 23.5. The second-order valence-corrected chi connectivity index (χ2v) is 11.2. The predicted octanol–water partition coefficient (Wildman–Crippen LogP) is 3.93. The Bertz CT molecular complexity index is 1390. The predicted molar refractivity (Wildman–Crippen MR) is 155 cm³/mol. The Morgan fingerprint density at radius 1 is 0.929 bits per heavy atom. The molecule has 0 fully saturated rings. The molecule has 0 saturated carbocycles. The van der Waals surface area contributed by atoms with Gasteiger partial charge in [0.1, 0.15) is 31.1 Å². The van der Waals surface area contributed by atoms with Crippen LogP contribution in [0.3, 0.4) is 0 Å². The average molecular weight is 602 g/mol. The lowest BCUT2D eigenvalue weighted by atomic mass is 9.95. The molecule has 0 amide bonds. The minimum absolute atomic E-state index is 0.00464. The normalized spacial score (nSPS) is 14.0. The summed E-state index contributed by atoms with van der Waals surface area (Å²) >= 11 is 0. The van der Waals surface area contributed by atoms with Crippen LogP contribution in [0, 0.1) is 13.8 Å². The van der Waals surface area contributed by atoms with Crippen molar-refractivity contribution in [3.05, 3.63) is 89.0 Å². The van der Waals surface area contributed by atoms with Crippen molar-refractivity contribution in [1.29, 1.82) is 0 Å². The SMILES string of the molecule is Cc1cccc(C)c1-c1cccc(COc2ccccc2CCC(=O)OC[C@@H](O)COP(=O)(O)OC[C@H](N)C(=O)O)c1. The molecule has 3 rings (SSSR count). The van der Waals surface area contributed by atoms with Crippen molar-refractivity contribution >= 4 is 19.8 Å². The molecule has 0 bridgehead atoms.